The van der Waals surface area contributed by atoms with Crippen molar-refractivity contribution < 1.29 is 9.18 Å². The van der Waals surface area contributed by atoms with Crippen molar-refractivity contribution in [3.8, 4) is 0 Å². The molecule has 1 N–H and O–H groups in total. The van der Waals surface area contributed by atoms with Gasteiger partial charge in [0.2, 0.25) is 5.91 Å². The van der Waals surface area contributed by atoms with Crippen LogP contribution in [0.4, 0.5) is 10.1 Å². The number of carbonyl (C=O) groups excluding carboxylic acids is 1. The lowest BCUT2D eigenvalue weighted by Crippen LogP contribution is -2.14. The molecular formula is C15H14FNOS. The van der Waals surface area contributed by atoms with Gasteiger partial charge in [0.25, 0.3) is 0 Å². The van der Waals surface area contributed by atoms with Crippen molar-refractivity contribution in [2.75, 3.05) is 11.1 Å². The first-order chi connectivity index (χ1) is 9.15. The highest BCUT2D eigenvalue weighted by Gasteiger charge is 2.05. The van der Waals surface area contributed by atoms with Crippen LogP contribution in [0.5, 0.6) is 0 Å². The first-order valence-electron chi connectivity index (χ1n) is 5.89. The monoisotopic (exact) mass is 275 g/mol. The molecule has 0 bridgehead atoms. The molecule has 98 valence electrons. The molecule has 0 aliphatic heterocycles. The average Bonchev–Trinajstić information content (AvgIpc) is 2.41. The number of carbonyl (C=O) groups is 1. The van der Waals surface area contributed by atoms with Crippen LogP contribution >= 0.6 is 11.8 Å². The lowest BCUT2D eigenvalue weighted by molar-refractivity contribution is -0.113. The summed E-state index contributed by atoms with van der Waals surface area (Å²) >= 11 is 1.38. The van der Waals surface area contributed by atoms with Crippen molar-refractivity contribution in [1.29, 1.82) is 0 Å². The number of amides is 1. The quantitative estimate of drug-likeness (QED) is 0.858. The Balaban J connectivity index is 1.88. The normalized spacial score (nSPS) is 10.2. The fraction of sp³-hybridized carbons (Fsp3) is 0.133. The molecule has 0 unspecified atom stereocenters. The highest BCUT2D eigenvalue weighted by atomic mass is 32.2. The van der Waals surface area contributed by atoms with E-state index in [0.29, 0.717) is 5.75 Å². The van der Waals surface area contributed by atoms with E-state index in [0.717, 1.165) is 16.1 Å². The summed E-state index contributed by atoms with van der Waals surface area (Å²) in [6.07, 6.45) is 0. The Labute approximate surface area is 116 Å². The number of anilines is 1. The van der Waals surface area contributed by atoms with Crippen molar-refractivity contribution >= 4 is 23.4 Å². The summed E-state index contributed by atoms with van der Waals surface area (Å²) in [5.41, 5.74) is 1.86. The maximum absolute atomic E-state index is 12.7. The highest BCUT2D eigenvalue weighted by Crippen LogP contribution is 2.19. The maximum atomic E-state index is 12.7. The van der Waals surface area contributed by atoms with Crippen LogP contribution in [0.2, 0.25) is 0 Å². The van der Waals surface area contributed by atoms with Crippen LogP contribution in [0.25, 0.3) is 0 Å². The molecule has 2 aromatic rings. The van der Waals surface area contributed by atoms with Gasteiger partial charge in [0.15, 0.2) is 0 Å². The molecule has 0 heterocycles. The highest BCUT2D eigenvalue weighted by molar-refractivity contribution is 8.00. The van der Waals surface area contributed by atoms with Crippen molar-refractivity contribution in [2.24, 2.45) is 0 Å². The Morgan fingerprint density at radius 2 is 1.84 bits per heavy atom. The van der Waals surface area contributed by atoms with Crippen molar-refractivity contribution in [3.05, 3.63) is 59.9 Å². The molecule has 2 nitrogen and oxygen atoms in total. The Morgan fingerprint density at radius 1 is 1.16 bits per heavy atom. The number of hydrogen-bond acceptors (Lipinski definition) is 2. The molecular weight excluding hydrogens is 261 g/mol. The number of thioether (sulfide) groups is 1. The Bertz CT molecular complexity index is 569. The maximum Gasteiger partial charge on any atom is 0.234 e. The van der Waals surface area contributed by atoms with Crippen LogP contribution in [0, 0.1) is 12.7 Å². The van der Waals surface area contributed by atoms with Gasteiger partial charge in [-0.05, 0) is 42.8 Å². The molecule has 0 fully saturated rings. The van der Waals surface area contributed by atoms with Gasteiger partial charge >= 0.3 is 0 Å². The van der Waals surface area contributed by atoms with E-state index >= 15 is 0 Å². The molecule has 4 heteroatoms. The van der Waals surface area contributed by atoms with Crippen LogP contribution in [0.3, 0.4) is 0 Å². The zero-order valence-electron chi connectivity index (χ0n) is 10.5. The predicted octanol–water partition coefficient (Wildman–Crippen LogP) is 3.86. The number of benzene rings is 2. The first-order valence-corrected chi connectivity index (χ1v) is 6.87. The fourth-order valence-electron chi connectivity index (χ4n) is 1.58. The average molecular weight is 275 g/mol. The van der Waals surface area contributed by atoms with Gasteiger partial charge in [0.05, 0.1) is 5.75 Å². The zero-order valence-corrected chi connectivity index (χ0v) is 11.3. The number of nitrogens with one attached hydrogen (secondary N) is 1. The molecule has 0 spiro atoms. The topological polar surface area (TPSA) is 29.1 Å². The minimum Gasteiger partial charge on any atom is -0.325 e. The van der Waals surface area contributed by atoms with Crippen molar-refractivity contribution in [3.63, 3.8) is 0 Å². The van der Waals surface area contributed by atoms with E-state index in [1.54, 1.807) is 12.1 Å². The fourth-order valence-corrected chi connectivity index (χ4v) is 2.28. The smallest absolute Gasteiger partial charge is 0.234 e. The molecule has 0 saturated heterocycles. The van der Waals surface area contributed by atoms with E-state index in [9.17, 15) is 9.18 Å². The predicted molar refractivity (Wildman–Crippen MR) is 76.9 cm³/mol. The summed E-state index contributed by atoms with van der Waals surface area (Å²) in [5, 5.41) is 2.86. The minimum absolute atomic E-state index is 0.0661. The summed E-state index contributed by atoms with van der Waals surface area (Å²) in [5.74, 6) is -0.0303. The molecule has 0 atom stereocenters. The third-order valence-corrected chi connectivity index (χ3v) is 3.61. The molecule has 0 aromatic heterocycles. The second kappa shape index (κ2) is 6.38. The number of aryl methyl sites for hydroxylation is 1. The molecule has 0 aliphatic rings. The van der Waals surface area contributed by atoms with Crippen LogP contribution in [0.15, 0.2) is 53.4 Å². The van der Waals surface area contributed by atoms with Crippen LogP contribution in [0.1, 0.15) is 5.56 Å². The number of rotatable bonds is 4. The first kappa shape index (κ1) is 13.6. The second-order valence-electron chi connectivity index (χ2n) is 4.11. The third-order valence-electron chi connectivity index (χ3n) is 2.60. The zero-order chi connectivity index (χ0) is 13.7. The molecule has 1 amide bonds. The van der Waals surface area contributed by atoms with E-state index in [-0.39, 0.29) is 11.7 Å². The van der Waals surface area contributed by atoms with E-state index in [4.69, 9.17) is 0 Å². The second-order valence-corrected chi connectivity index (χ2v) is 5.15. The Hall–Kier alpha value is -1.81. The van der Waals surface area contributed by atoms with Gasteiger partial charge < -0.3 is 5.32 Å². The summed E-state index contributed by atoms with van der Waals surface area (Å²) in [7, 11) is 0. The summed E-state index contributed by atoms with van der Waals surface area (Å²) in [6, 6.07) is 13.7. The van der Waals surface area contributed by atoms with E-state index in [1.807, 2.05) is 31.2 Å². The lowest BCUT2D eigenvalue weighted by Gasteiger charge is -2.07. The van der Waals surface area contributed by atoms with Gasteiger partial charge in [0.1, 0.15) is 5.82 Å². The number of halogens is 1. The van der Waals surface area contributed by atoms with Gasteiger partial charge in [-0.25, -0.2) is 4.39 Å². The van der Waals surface area contributed by atoms with E-state index in [1.165, 1.54) is 23.9 Å². The van der Waals surface area contributed by atoms with Gasteiger partial charge in [-0.1, -0.05) is 18.2 Å². The Kier molecular flexibility index (Phi) is 4.58. The Morgan fingerprint density at radius 3 is 2.53 bits per heavy atom. The number of para-hydroxylation sites is 1. The molecule has 0 radical (unpaired) electrons. The van der Waals surface area contributed by atoms with E-state index < -0.39 is 0 Å². The molecule has 2 rings (SSSR count). The number of hydrogen-bond donors (Lipinski definition) is 1. The van der Waals surface area contributed by atoms with Crippen LogP contribution in [-0.4, -0.2) is 11.7 Å². The van der Waals surface area contributed by atoms with Gasteiger partial charge in [-0.3, -0.25) is 4.79 Å². The van der Waals surface area contributed by atoms with Crippen molar-refractivity contribution in [2.45, 2.75) is 11.8 Å². The molecule has 0 aliphatic carbocycles. The lowest BCUT2D eigenvalue weighted by atomic mass is 10.2. The van der Waals surface area contributed by atoms with Crippen molar-refractivity contribution in [1.82, 2.24) is 0 Å². The molecule has 0 saturated carbocycles. The third kappa shape index (κ3) is 4.10. The SMILES string of the molecule is Cc1ccccc1NC(=O)CSc1ccc(F)cc1. The molecule has 19 heavy (non-hydrogen) atoms. The largest absolute Gasteiger partial charge is 0.325 e. The van der Waals surface area contributed by atoms with Gasteiger partial charge in [-0.2, -0.15) is 0 Å². The minimum atomic E-state index is -0.270. The van der Waals surface area contributed by atoms with Gasteiger partial charge in [0, 0.05) is 10.6 Å². The summed E-state index contributed by atoms with van der Waals surface area (Å²) < 4.78 is 12.7. The molecule has 2 aromatic carbocycles. The van der Waals surface area contributed by atoms with E-state index in [2.05, 4.69) is 5.32 Å². The standard InChI is InChI=1S/C15H14FNOS/c1-11-4-2-3-5-14(11)17-15(18)10-19-13-8-6-12(16)7-9-13/h2-9H,10H2,1H3,(H,17,18). The van der Waals surface area contributed by atoms with Crippen LogP contribution < -0.4 is 5.32 Å². The summed E-state index contributed by atoms with van der Waals surface area (Å²) in [4.78, 5) is 12.7. The summed E-state index contributed by atoms with van der Waals surface area (Å²) in [6.45, 7) is 1.95. The van der Waals surface area contributed by atoms with Crippen LogP contribution in [-0.2, 0) is 4.79 Å². The van der Waals surface area contributed by atoms with Gasteiger partial charge in [-0.15, -0.1) is 11.8 Å².